The number of hydrogen-bond acceptors (Lipinski definition) is 7. The van der Waals surface area contributed by atoms with Crippen molar-refractivity contribution >= 4 is 10.0 Å². The summed E-state index contributed by atoms with van der Waals surface area (Å²) in [6.07, 6.45) is -1.21. The summed E-state index contributed by atoms with van der Waals surface area (Å²) in [5.41, 5.74) is 0.410. The van der Waals surface area contributed by atoms with E-state index in [1.165, 1.54) is 19.2 Å². The van der Waals surface area contributed by atoms with Crippen LogP contribution in [0.15, 0.2) is 47.4 Å². The number of primary sulfonamides is 1. The van der Waals surface area contributed by atoms with Gasteiger partial charge in [-0.25, -0.2) is 13.6 Å². The Balaban J connectivity index is 1.70. The average Bonchev–Trinajstić information content (AvgIpc) is 2.71. The Morgan fingerprint density at radius 1 is 1.21 bits per heavy atom. The molecule has 1 aliphatic heterocycles. The summed E-state index contributed by atoms with van der Waals surface area (Å²) in [6, 6.07) is 11.3. The van der Waals surface area contributed by atoms with Crippen molar-refractivity contribution in [2.45, 2.75) is 43.0 Å². The SMILES string of the molecule is COc1ccc(C(O)C(C)NC(C)C2COc3ccccc3O2)cc1S(N)(=O)=O. The van der Waals surface area contributed by atoms with Crippen molar-refractivity contribution in [3.63, 3.8) is 0 Å². The molecule has 0 spiro atoms. The first-order valence-corrected chi connectivity index (χ1v) is 10.8. The number of fused-ring (bicyclic) bond motifs is 1. The maximum Gasteiger partial charge on any atom is 0.241 e. The van der Waals surface area contributed by atoms with Crippen molar-refractivity contribution < 1.29 is 27.7 Å². The summed E-state index contributed by atoms with van der Waals surface area (Å²) >= 11 is 0. The molecule has 29 heavy (non-hydrogen) atoms. The molecule has 2 aromatic rings. The van der Waals surface area contributed by atoms with E-state index < -0.39 is 22.2 Å². The molecule has 8 nitrogen and oxygen atoms in total. The molecule has 4 N–H and O–H groups in total. The van der Waals surface area contributed by atoms with Crippen molar-refractivity contribution in [2.24, 2.45) is 5.14 Å². The van der Waals surface area contributed by atoms with E-state index in [1.54, 1.807) is 13.0 Å². The lowest BCUT2D eigenvalue weighted by Gasteiger charge is -2.33. The highest BCUT2D eigenvalue weighted by Crippen LogP contribution is 2.32. The number of methoxy groups -OCH3 is 1. The molecule has 0 aromatic heterocycles. The van der Waals surface area contributed by atoms with Crippen LogP contribution in [0.2, 0.25) is 0 Å². The molecule has 0 saturated heterocycles. The van der Waals surface area contributed by atoms with Gasteiger partial charge in [-0.3, -0.25) is 0 Å². The van der Waals surface area contributed by atoms with Crippen LogP contribution in [0.4, 0.5) is 0 Å². The third-order valence-electron chi connectivity index (χ3n) is 4.92. The lowest BCUT2D eigenvalue weighted by molar-refractivity contribution is 0.0520. The van der Waals surface area contributed by atoms with Gasteiger partial charge in [-0.1, -0.05) is 18.2 Å². The van der Waals surface area contributed by atoms with Gasteiger partial charge < -0.3 is 24.6 Å². The second-order valence-electron chi connectivity index (χ2n) is 7.06. The summed E-state index contributed by atoms with van der Waals surface area (Å²) in [7, 11) is -2.63. The van der Waals surface area contributed by atoms with E-state index >= 15 is 0 Å². The fourth-order valence-electron chi connectivity index (χ4n) is 3.28. The summed E-state index contributed by atoms with van der Waals surface area (Å²) in [4.78, 5) is -0.169. The van der Waals surface area contributed by atoms with Crippen LogP contribution >= 0.6 is 0 Å². The molecule has 2 aromatic carbocycles. The molecule has 4 unspecified atom stereocenters. The van der Waals surface area contributed by atoms with Crippen molar-refractivity contribution in [3.05, 3.63) is 48.0 Å². The first kappa shape index (κ1) is 21.4. The third-order valence-corrected chi connectivity index (χ3v) is 5.86. The molecule has 9 heteroatoms. The van der Waals surface area contributed by atoms with Crippen molar-refractivity contribution in [1.82, 2.24) is 5.32 Å². The molecule has 0 radical (unpaired) electrons. The Bertz CT molecular complexity index is 965. The second-order valence-corrected chi connectivity index (χ2v) is 8.59. The molecule has 0 aliphatic carbocycles. The van der Waals surface area contributed by atoms with E-state index in [0.717, 1.165) is 0 Å². The number of hydrogen-bond donors (Lipinski definition) is 3. The number of sulfonamides is 1. The van der Waals surface area contributed by atoms with Gasteiger partial charge in [0, 0.05) is 12.1 Å². The van der Waals surface area contributed by atoms with Gasteiger partial charge in [0.05, 0.1) is 13.2 Å². The molecule has 1 aliphatic rings. The molecule has 0 amide bonds. The molecule has 3 rings (SSSR count). The zero-order valence-electron chi connectivity index (χ0n) is 16.5. The maximum absolute atomic E-state index is 11.8. The molecular weight excluding hydrogens is 396 g/mol. The summed E-state index contributed by atoms with van der Waals surface area (Å²) in [6.45, 7) is 4.13. The Morgan fingerprint density at radius 2 is 1.90 bits per heavy atom. The zero-order chi connectivity index (χ0) is 21.2. The number of nitrogens with one attached hydrogen (secondary N) is 1. The number of benzene rings is 2. The van der Waals surface area contributed by atoms with Crippen LogP contribution in [0.25, 0.3) is 0 Å². The van der Waals surface area contributed by atoms with E-state index in [-0.39, 0.29) is 22.8 Å². The van der Waals surface area contributed by atoms with E-state index in [4.69, 9.17) is 19.3 Å². The van der Waals surface area contributed by atoms with Crippen LogP contribution in [0, 0.1) is 0 Å². The number of aliphatic hydroxyl groups excluding tert-OH is 1. The van der Waals surface area contributed by atoms with Gasteiger partial charge in [-0.15, -0.1) is 0 Å². The maximum atomic E-state index is 11.8. The fraction of sp³-hybridized carbons (Fsp3) is 0.400. The van der Waals surface area contributed by atoms with Crippen molar-refractivity contribution in [1.29, 1.82) is 0 Å². The number of para-hydroxylation sites is 2. The smallest absolute Gasteiger partial charge is 0.241 e. The Hall–Kier alpha value is -2.33. The lowest BCUT2D eigenvalue weighted by atomic mass is 10.0. The number of rotatable bonds is 7. The first-order valence-electron chi connectivity index (χ1n) is 9.24. The van der Waals surface area contributed by atoms with Gasteiger partial charge >= 0.3 is 0 Å². The topological polar surface area (TPSA) is 120 Å². The molecule has 0 saturated carbocycles. The second kappa shape index (κ2) is 8.58. The predicted octanol–water partition coefficient (Wildman–Crippen LogP) is 1.58. The van der Waals surface area contributed by atoms with Gasteiger partial charge in [0.2, 0.25) is 10.0 Å². The van der Waals surface area contributed by atoms with Crippen LogP contribution in [0.3, 0.4) is 0 Å². The number of aliphatic hydroxyl groups is 1. The van der Waals surface area contributed by atoms with Crippen LogP contribution in [-0.2, 0) is 10.0 Å². The van der Waals surface area contributed by atoms with Crippen LogP contribution in [0.5, 0.6) is 17.2 Å². The van der Waals surface area contributed by atoms with Gasteiger partial charge in [-0.2, -0.15) is 0 Å². The highest BCUT2D eigenvalue weighted by Gasteiger charge is 2.29. The molecule has 4 atom stereocenters. The van der Waals surface area contributed by atoms with Crippen LogP contribution < -0.4 is 24.7 Å². The Kier molecular flexibility index (Phi) is 6.33. The zero-order valence-corrected chi connectivity index (χ0v) is 17.3. The third kappa shape index (κ3) is 4.81. The molecular formula is C20H26N2O6S. The van der Waals surface area contributed by atoms with E-state index in [0.29, 0.717) is 23.7 Å². The van der Waals surface area contributed by atoms with Gasteiger partial charge in [-0.05, 0) is 43.7 Å². The fourth-order valence-corrected chi connectivity index (χ4v) is 4.02. The highest BCUT2D eigenvalue weighted by molar-refractivity contribution is 7.89. The lowest BCUT2D eigenvalue weighted by Crippen LogP contribution is -2.50. The molecule has 0 bridgehead atoms. The van der Waals surface area contributed by atoms with Gasteiger partial charge in [0.15, 0.2) is 11.5 Å². The largest absolute Gasteiger partial charge is 0.495 e. The summed E-state index contributed by atoms with van der Waals surface area (Å²) in [5.74, 6) is 1.51. The van der Waals surface area contributed by atoms with Crippen molar-refractivity contribution in [2.75, 3.05) is 13.7 Å². The Labute approximate surface area is 170 Å². The minimum absolute atomic E-state index is 0.129. The number of nitrogens with two attached hydrogens (primary N) is 1. The molecule has 1 heterocycles. The summed E-state index contributed by atoms with van der Waals surface area (Å²) < 4.78 is 40.4. The highest BCUT2D eigenvalue weighted by atomic mass is 32.2. The van der Waals surface area contributed by atoms with E-state index in [9.17, 15) is 13.5 Å². The van der Waals surface area contributed by atoms with Crippen molar-refractivity contribution in [3.8, 4) is 17.2 Å². The van der Waals surface area contributed by atoms with E-state index in [1.807, 2.05) is 31.2 Å². The number of ether oxygens (including phenoxy) is 3. The quantitative estimate of drug-likeness (QED) is 0.620. The molecule has 0 fully saturated rings. The normalized spacial score (nSPS) is 19.3. The standard InChI is InChI=1S/C20H26N2O6S/c1-12(18-11-27-15-6-4-5-7-16(15)28-18)22-13(2)20(23)14-8-9-17(26-3)19(10-14)29(21,24)25/h4-10,12-13,18,20,22-23H,11H2,1-3H3,(H2,21,24,25). The monoisotopic (exact) mass is 422 g/mol. The first-order chi connectivity index (χ1) is 13.7. The minimum Gasteiger partial charge on any atom is -0.495 e. The average molecular weight is 423 g/mol. The van der Waals surface area contributed by atoms with Crippen LogP contribution in [0.1, 0.15) is 25.5 Å². The van der Waals surface area contributed by atoms with Gasteiger partial charge in [0.25, 0.3) is 0 Å². The Morgan fingerprint density at radius 3 is 2.55 bits per heavy atom. The predicted molar refractivity (Wildman–Crippen MR) is 108 cm³/mol. The van der Waals surface area contributed by atoms with Crippen LogP contribution in [-0.4, -0.2) is 45.4 Å². The molecule has 158 valence electrons. The minimum atomic E-state index is -3.99. The summed E-state index contributed by atoms with van der Waals surface area (Å²) in [5, 5.41) is 19.3. The van der Waals surface area contributed by atoms with E-state index in [2.05, 4.69) is 5.32 Å². The van der Waals surface area contributed by atoms with Gasteiger partial charge in [0.1, 0.15) is 23.4 Å².